The molecule has 0 aromatic heterocycles. The Labute approximate surface area is 871 Å². The Morgan fingerprint density at radius 2 is 0.318 bits per heavy atom. The van der Waals surface area contributed by atoms with Gasteiger partial charge in [0, 0.05) is 7.11 Å². The fourth-order valence-corrected chi connectivity index (χ4v) is 24.5. The molecule has 0 saturated carbocycles. The van der Waals surface area contributed by atoms with E-state index in [-0.39, 0.29) is 79.3 Å². The molecule has 1 unspecified atom stereocenters. The fraction of sp³-hybridized carbons (Fsp3) is 0.262. The molecule has 0 bridgehead atoms. The van der Waals surface area contributed by atoms with Crippen LogP contribution < -0.4 is 15.9 Å². The first-order valence-electron chi connectivity index (χ1n) is 51.5. The number of methoxy groups -OCH3 is 1. The summed E-state index contributed by atoms with van der Waals surface area (Å²) in [5, 5.41) is 3.56. The highest BCUT2D eigenvalue weighted by Gasteiger charge is 2.57. The molecule has 0 amide bonds. The van der Waals surface area contributed by atoms with Crippen molar-refractivity contribution < 1.29 is 80.5 Å². The van der Waals surface area contributed by atoms with Gasteiger partial charge in [0.1, 0.15) is 145 Å². The average Bonchev–Trinajstić information content (AvgIpc) is 0.726. The maximum absolute atomic E-state index is 8.25. The summed E-state index contributed by atoms with van der Waals surface area (Å²) in [6.07, 6.45) is -4.43. The van der Waals surface area contributed by atoms with E-state index in [9.17, 15) is 0 Å². The molecular weight excluding hydrogens is 1860 g/mol. The SMILES string of the molecule is CO[C@H]1O[C@H](/C=C/[C@@H]2O[C@H](C=C[C@@H]3O[C@H](C=C[C@@H]4O[C@H](C[P+](c5ccccc5)(c5ccccc5)c5ccccc5)[C@H](OCc5ccccc5)[C@H](OCc5ccccc5)[C@H]4OCc4ccccc4)[C@H](OCc4ccccc4)C(OCc4ccccc4)[C@H]3OCc3ccccc3)[C@H](OCc3ccccc3)[C@H](OCc3ccccc3)[C@H]2OCc2ccccc2)[C@H](OCc2ccccc2)[C@H](OCc2ccccc2)[C@H]1OCc1ccccc1. The van der Waals surface area contributed by atoms with Gasteiger partial charge in [0.05, 0.1) is 79.3 Å². The lowest BCUT2D eigenvalue weighted by Crippen LogP contribution is -2.62. The van der Waals surface area contributed by atoms with E-state index in [0.717, 1.165) is 66.8 Å². The van der Waals surface area contributed by atoms with Crippen molar-refractivity contribution >= 4 is 23.2 Å². The van der Waals surface area contributed by atoms with E-state index in [1.165, 1.54) is 15.9 Å². The maximum Gasteiger partial charge on any atom is 0.186 e. The second kappa shape index (κ2) is 54.5. The molecule has 4 aliphatic rings. The van der Waals surface area contributed by atoms with Gasteiger partial charge in [-0.25, -0.2) is 0 Å². The minimum atomic E-state index is -2.76. The number of hydrogen-bond acceptors (Lipinski definition) is 17. The summed E-state index contributed by atoms with van der Waals surface area (Å²) >= 11 is 0. The summed E-state index contributed by atoms with van der Waals surface area (Å²) < 4.78 is 128. The third kappa shape index (κ3) is 28.3. The lowest BCUT2D eigenvalue weighted by molar-refractivity contribution is -0.309. The van der Waals surface area contributed by atoms with E-state index in [1.807, 2.05) is 231 Å². The number of benzene rings is 15. The monoisotopic (exact) mass is 1990 g/mol. The van der Waals surface area contributed by atoms with E-state index in [1.54, 1.807) is 7.11 Å². The predicted molar refractivity (Wildman–Crippen MR) is 579 cm³/mol. The largest absolute Gasteiger partial charge is 0.368 e. The molecule has 4 aliphatic heterocycles. The Morgan fingerprint density at radius 3 is 0.514 bits per heavy atom. The third-order valence-electron chi connectivity index (χ3n) is 27.6. The summed E-state index contributed by atoms with van der Waals surface area (Å²) in [5.74, 6) is 0. The molecular formula is C130H130O17P+. The van der Waals surface area contributed by atoms with Gasteiger partial charge in [-0.1, -0.05) is 455 Å². The zero-order valence-electron chi connectivity index (χ0n) is 83.4. The molecule has 4 heterocycles. The number of rotatable bonds is 48. The Bertz CT molecular complexity index is 6300. The molecule has 17 nitrogen and oxygen atoms in total. The summed E-state index contributed by atoms with van der Waals surface area (Å²) in [6.45, 7) is 2.40. The third-order valence-corrected chi connectivity index (χ3v) is 32.0. The lowest BCUT2D eigenvalue weighted by atomic mass is 9.90. The second-order valence-corrected chi connectivity index (χ2v) is 41.3. The van der Waals surface area contributed by atoms with E-state index in [2.05, 4.69) is 261 Å². The molecule has 4 saturated heterocycles. The fourth-order valence-electron chi connectivity index (χ4n) is 20.1. The van der Waals surface area contributed by atoms with Crippen LogP contribution in [0.1, 0.15) is 66.8 Å². The van der Waals surface area contributed by atoms with Gasteiger partial charge in [-0.05, 0) is 103 Å². The van der Waals surface area contributed by atoms with E-state index in [4.69, 9.17) is 80.5 Å². The first kappa shape index (κ1) is 104. The quantitative estimate of drug-likeness (QED) is 0.0262. The van der Waals surface area contributed by atoms with Crippen molar-refractivity contribution in [1.29, 1.82) is 0 Å². The predicted octanol–water partition coefficient (Wildman–Crippen LogP) is 23.3. The molecule has 0 aliphatic carbocycles. The van der Waals surface area contributed by atoms with Gasteiger partial charge in [0.25, 0.3) is 0 Å². The van der Waals surface area contributed by atoms with Crippen molar-refractivity contribution in [3.63, 3.8) is 0 Å². The van der Waals surface area contributed by atoms with Gasteiger partial charge < -0.3 is 80.5 Å². The van der Waals surface area contributed by atoms with Crippen LogP contribution >= 0.6 is 7.26 Å². The molecule has 20 atom stereocenters. The summed E-state index contributed by atoms with van der Waals surface area (Å²) in [4.78, 5) is 0. The first-order chi connectivity index (χ1) is 73.3. The zero-order valence-corrected chi connectivity index (χ0v) is 84.3. The van der Waals surface area contributed by atoms with Crippen LogP contribution in [0, 0.1) is 0 Å². The average molecular weight is 2000 g/mol. The topological polar surface area (TPSA) is 157 Å². The Kier molecular flexibility index (Phi) is 38.2. The molecule has 18 heteroatoms. The van der Waals surface area contributed by atoms with Crippen LogP contribution in [0.15, 0.2) is 491 Å². The van der Waals surface area contributed by atoms with Gasteiger partial charge in [-0.2, -0.15) is 0 Å². The molecule has 15 aromatic carbocycles. The summed E-state index contributed by atoms with van der Waals surface area (Å²) in [6, 6.07) is 155. The molecule has 4 fully saturated rings. The van der Waals surface area contributed by atoms with Crippen LogP contribution in [0.5, 0.6) is 0 Å². The Morgan fingerprint density at radius 1 is 0.169 bits per heavy atom. The summed E-state index contributed by atoms with van der Waals surface area (Å²) in [7, 11) is -1.13. The van der Waals surface area contributed by atoms with E-state index < -0.39 is 130 Å². The van der Waals surface area contributed by atoms with Crippen LogP contribution in [-0.2, 0) is 160 Å². The molecule has 15 aromatic rings. The highest BCUT2D eigenvalue weighted by Crippen LogP contribution is 2.58. The van der Waals surface area contributed by atoms with Crippen molar-refractivity contribution in [3.05, 3.63) is 558 Å². The normalized spacial score (nSPS) is 24.2. The minimum Gasteiger partial charge on any atom is -0.368 e. The van der Waals surface area contributed by atoms with Crippen LogP contribution in [0.25, 0.3) is 0 Å². The smallest absolute Gasteiger partial charge is 0.186 e. The van der Waals surface area contributed by atoms with Gasteiger partial charge in [-0.3, -0.25) is 0 Å². The summed E-state index contributed by atoms with van der Waals surface area (Å²) in [5.41, 5.74) is 11.5. The molecule has 756 valence electrons. The first-order valence-corrected chi connectivity index (χ1v) is 53.4. The van der Waals surface area contributed by atoms with Gasteiger partial charge in [0.15, 0.2) is 6.29 Å². The Hall–Kier alpha value is -12.7. The zero-order chi connectivity index (χ0) is 100. The van der Waals surface area contributed by atoms with Crippen LogP contribution in [0.4, 0.5) is 0 Å². The van der Waals surface area contributed by atoms with Crippen LogP contribution in [0.2, 0.25) is 0 Å². The molecule has 148 heavy (non-hydrogen) atoms. The van der Waals surface area contributed by atoms with Crippen molar-refractivity contribution in [2.24, 2.45) is 0 Å². The van der Waals surface area contributed by atoms with Crippen molar-refractivity contribution in [2.75, 3.05) is 13.3 Å². The lowest BCUT2D eigenvalue weighted by Gasteiger charge is -2.47. The number of hydrogen-bond donors (Lipinski definition) is 0. The molecule has 0 radical (unpaired) electrons. The van der Waals surface area contributed by atoms with Gasteiger partial charge in [0.2, 0.25) is 0 Å². The standard InChI is InChI=1S/C130H130O17P/c1-131-130-129(143-94-107-69-39-13-40-70-107)128(142-93-106-67-37-12-38-68-106)123(137-88-101-57-27-7-28-58-101)116(147-130)82-81-114-121(135-86-99-53-23-5-24-54-99)126(140-91-104-63-33-10-34-64-104)119(133-84-97-49-19-3-20-50-97)112(145-114)78-77-111-118(132-83-96-47-17-2-18-48-96)125(139-90-103-61-31-9-32-62-103)120(134-85-98-51-21-4-22-52-98)113(144-111)79-80-115-122(136-87-100-55-25-6-26-56-100)127(141-92-105-65-35-11-36-66-105)124(138-89-102-59-29-8-30-60-102)117(146-115)95-148(108-71-41-14-42-72-108,109-73-43-15-44-74-109)110-75-45-16-46-76-110/h2-82,111-130H,83-95H2,1H3/q+1/b78-77?,80-79?,82-81+/t111-,112+,113+,114-,115-,116+,117+,118-,119-,120-,121-,122-,123-,124-,125?,126-,127+,128-,129+,130-/m0/s1. The minimum absolute atomic E-state index is 0.164. The molecule has 0 spiro atoms. The van der Waals surface area contributed by atoms with Gasteiger partial charge >= 0.3 is 0 Å². The van der Waals surface area contributed by atoms with Crippen LogP contribution in [0.3, 0.4) is 0 Å². The van der Waals surface area contributed by atoms with Crippen LogP contribution in [-0.4, -0.2) is 136 Å². The number of ether oxygens (including phenoxy) is 17. The van der Waals surface area contributed by atoms with E-state index in [0.29, 0.717) is 6.16 Å². The van der Waals surface area contributed by atoms with E-state index >= 15 is 0 Å². The molecule has 0 N–H and O–H groups in total. The highest BCUT2D eigenvalue weighted by atomic mass is 31.2. The van der Waals surface area contributed by atoms with Crippen molar-refractivity contribution in [2.45, 2.75) is 202 Å². The van der Waals surface area contributed by atoms with Crippen molar-refractivity contribution in [1.82, 2.24) is 0 Å². The second-order valence-electron chi connectivity index (χ2n) is 37.8. The Balaban J connectivity index is 0.773. The highest BCUT2D eigenvalue weighted by molar-refractivity contribution is 7.95. The molecule has 19 rings (SSSR count). The maximum atomic E-state index is 8.25. The van der Waals surface area contributed by atoms with Gasteiger partial charge in [-0.15, -0.1) is 0 Å². The van der Waals surface area contributed by atoms with Crippen molar-refractivity contribution in [3.8, 4) is 0 Å².